The summed E-state index contributed by atoms with van der Waals surface area (Å²) in [6.45, 7) is 8.18. The van der Waals surface area contributed by atoms with Crippen molar-refractivity contribution in [3.63, 3.8) is 0 Å². The van der Waals surface area contributed by atoms with Gasteiger partial charge in [0, 0.05) is 12.1 Å². The van der Waals surface area contributed by atoms with Crippen molar-refractivity contribution in [2.45, 2.75) is 71.1 Å². The third kappa shape index (κ3) is 2.36. The molecule has 2 rings (SSSR count). The molecule has 0 aromatic rings. The summed E-state index contributed by atoms with van der Waals surface area (Å²) in [6, 6.07) is 1.10. The molecule has 1 saturated heterocycles. The van der Waals surface area contributed by atoms with Crippen molar-refractivity contribution in [1.82, 2.24) is 4.90 Å². The molecule has 3 unspecified atom stereocenters. The molecule has 0 spiro atoms. The monoisotopic (exact) mass is 211 g/mol. The quantitative estimate of drug-likeness (QED) is 0.720. The van der Waals surface area contributed by atoms with Crippen LogP contribution in [0.3, 0.4) is 0 Å². The van der Waals surface area contributed by atoms with E-state index >= 15 is 0 Å². The summed E-state index contributed by atoms with van der Waals surface area (Å²) in [5, 5.41) is 10.1. The number of rotatable bonds is 1. The van der Waals surface area contributed by atoms with Gasteiger partial charge < -0.3 is 5.11 Å². The summed E-state index contributed by atoms with van der Waals surface area (Å²) in [7, 11) is 0. The first-order valence-corrected chi connectivity index (χ1v) is 6.43. The first-order valence-electron chi connectivity index (χ1n) is 6.43. The molecule has 0 radical (unpaired) electrons. The first-order chi connectivity index (χ1) is 6.99. The van der Waals surface area contributed by atoms with Crippen molar-refractivity contribution in [1.29, 1.82) is 0 Å². The van der Waals surface area contributed by atoms with E-state index in [0.29, 0.717) is 17.5 Å². The summed E-state index contributed by atoms with van der Waals surface area (Å²) in [5.74, 6) is 0. The van der Waals surface area contributed by atoms with Gasteiger partial charge in [-0.05, 0) is 51.0 Å². The molecule has 3 atom stereocenters. The third-order valence-electron chi connectivity index (χ3n) is 4.35. The predicted octanol–water partition coefficient (Wildman–Crippen LogP) is 2.41. The summed E-state index contributed by atoms with van der Waals surface area (Å²) in [6.07, 6.45) is 5.86. The van der Waals surface area contributed by atoms with Gasteiger partial charge in [0.2, 0.25) is 0 Å². The lowest BCUT2D eigenvalue weighted by Crippen LogP contribution is -2.50. The van der Waals surface area contributed by atoms with Crippen molar-refractivity contribution in [2.75, 3.05) is 6.54 Å². The van der Waals surface area contributed by atoms with Crippen LogP contribution in [0.4, 0.5) is 0 Å². The lowest BCUT2D eigenvalue weighted by molar-refractivity contribution is -0.0199. The van der Waals surface area contributed by atoms with Crippen molar-refractivity contribution >= 4 is 0 Å². The van der Waals surface area contributed by atoms with Crippen LogP contribution in [-0.2, 0) is 0 Å². The molecular weight excluding hydrogens is 186 g/mol. The maximum Gasteiger partial charge on any atom is 0.0695 e. The molecular formula is C13H25NO. The van der Waals surface area contributed by atoms with Gasteiger partial charge in [-0.15, -0.1) is 0 Å². The topological polar surface area (TPSA) is 23.5 Å². The Morgan fingerprint density at radius 1 is 1.27 bits per heavy atom. The van der Waals surface area contributed by atoms with E-state index in [-0.39, 0.29) is 6.10 Å². The van der Waals surface area contributed by atoms with Gasteiger partial charge in [0.25, 0.3) is 0 Å². The van der Waals surface area contributed by atoms with Crippen LogP contribution in [0.2, 0.25) is 0 Å². The van der Waals surface area contributed by atoms with Crippen molar-refractivity contribution in [3.05, 3.63) is 0 Å². The predicted molar refractivity (Wildman–Crippen MR) is 62.8 cm³/mol. The molecule has 88 valence electrons. The molecule has 0 aromatic heterocycles. The Kier molecular flexibility index (Phi) is 3.09. The molecule has 1 heterocycles. The molecule has 15 heavy (non-hydrogen) atoms. The second-order valence-electron chi connectivity index (χ2n) is 6.27. The Bertz CT molecular complexity index is 227. The molecule has 1 N–H and O–H groups in total. The van der Waals surface area contributed by atoms with Crippen LogP contribution >= 0.6 is 0 Å². The number of aliphatic hydroxyl groups excluding tert-OH is 1. The van der Waals surface area contributed by atoms with E-state index in [9.17, 15) is 5.11 Å². The lowest BCUT2D eigenvalue weighted by atomic mass is 9.73. The molecule has 2 aliphatic rings. The van der Waals surface area contributed by atoms with Gasteiger partial charge in [0.05, 0.1) is 6.10 Å². The van der Waals surface area contributed by atoms with Crippen molar-refractivity contribution in [3.8, 4) is 0 Å². The van der Waals surface area contributed by atoms with Crippen LogP contribution in [0.15, 0.2) is 0 Å². The fourth-order valence-corrected chi connectivity index (χ4v) is 3.32. The van der Waals surface area contributed by atoms with Crippen LogP contribution in [0.5, 0.6) is 0 Å². The molecule has 0 aromatic carbocycles. The molecule has 2 heteroatoms. The molecule has 1 aliphatic heterocycles. The Morgan fingerprint density at radius 3 is 2.60 bits per heavy atom. The highest BCUT2D eigenvalue weighted by molar-refractivity contribution is 4.93. The maximum atomic E-state index is 10.1. The van der Waals surface area contributed by atoms with E-state index in [1.165, 1.54) is 32.2 Å². The van der Waals surface area contributed by atoms with Gasteiger partial charge in [-0.1, -0.05) is 13.8 Å². The SMILES string of the molecule is CC1CCCN1C1CC(C)(C)CCC1O. The van der Waals surface area contributed by atoms with Gasteiger partial charge in [-0.2, -0.15) is 0 Å². The Balaban J connectivity index is 2.05. The number of hydrogen-bond donors (Lipinski definition) is 1. The van der Waals surface area contributed by atoms with Gasteiger partial charge >= 0.3 is 0 Å². The van der Waals surface area contributed by atoms with Crippen LogP contribution < -0.4 is 0 Å². The Hall–Kier alpha value is -0.0800. The minimum atomic E-state index is -0.0847. The zero-order valence-electron chi connectivity index (χ0n) is 10.4. The molecule has 0 bridgehead atoms. The molecule has 0 amide bonds. The third-order valence-corrected chi connectivity index (χ3v) is 4.35. The summed E-state index contributed by atoms with van der Waals surface area (Å²) in [5.41, 5.74) is 0.423. The standard InChI is InChI=1S/C13H25NO/c1-10-5-4-8-14(10)11-9-13(2,3)7-6-12(11)15/h10-12,15H,4-9H2,1-3H3. The van der Waals surface area contributed by atoms with E-state index < -0.39 is 0 Å². The number of nitrogens with zero attached hydrogens (tertiary/aromatic N) is 1. The second kappa shape index (κ2) is 4.06. The fourth-order valence-electron chi connectivity index (χ4n) is 3.32. The number of aliphatic hydroxyl groups is 1. The zero-order valence-corrected chi connectivity index (χ0v) is 10.4. The highest BCUT2D eigenvalue weighted by atomic mass is 16.3. The summed E-state index contributed by atoms with van der Waals surface area (Å²) < 4.78 is 0. The number of hydrogen-bond acceptors (Lipinski definition) is 2. The van der Waals surface area contributed by atoms with Crippen LogP contribution in [0.1, 0.15) is 52.9 Å². The van der Waals surface area contributed by atoms with Gasteiger partial charge in [-0.3, -0.25) is 4.90 Å². The Morgan fingerprint density at radius 2 is 2.00 bits per heavy atom. The summed E-state index contributed by atoms with van der Waals surface area (Å²) >= 11 is 0. The normalized spacial score (nSPS) is 42.0. The van der Waals surface area contributed by atoms with Crippen molar-refractivity contribution in [2.24, 2.45) is 5.41 Å². The Labute approximate surface area is 93.7 Å². The fraction of sp³-hybridized carbons (Fsp3) is 1.00. The molecule has 2 nitrogen and oxygen atoms in total. The molecule has 2 fully saturated rings. The minimum absolute atomic E-state index is 0.0847. The largest absolute Gasteiger partial charge is 0.391 e. The number of likely N-dealkylation sites (tertiary alicyclic amines) is 1. The van der Waals surface area contributed by atoms with E-state index in [0.717, 1.165) is 6.42 Å². The van der Waals surface area contributed by atoms with Crippen molar-refractivity contribution < 1.29 is 5.11 Å². The van der Waals surface area contributed by atoms with Gasteiger partial charge in [0.1, 0.15) is 0 Å². The van der Waals surface area contributed by atoms with E-state index in [2.05, 4.69) is 25.7 Å². The van der Waals surface area contributed by atoms with Crippen LogP contribution in [-0.4, -0.2) is 34.7 Å². The van der Waals surface area contributed by atoms with Gasteiger partial charge in [-0.25, -0.2) is 0 Å². The van der Waals surface area contributed by atoms with Crippen LogP contribution in [0, 0.1) is 5.41 Å². The average molecular weight is 211 g/mol. The lowest BCUT2D eigenvalue weighted by Gasteiger charge is -2.44. The first kappa shape index (κ1) is 11.4. The van der Waals surface area contributed by atoms with E-state index in [4.69, 9.17) is 0 Å². The van der Waals surface area contributed by atoms with E-state index in [1.54, 1.807) is 0 Å². The van der Waals surface area contributed by atoms with Gasteiger partial charge in [0.15, 0.2) is 0 Å². The highest BCUT2D eigenvalue weighted by Gasteiger charge is 2.39. The second-order valence-corrected chi connectivity index (χ2v) is 6.27. The molecule has 1 saturated carbocycles. The highest BCUT2D eigenvalue weighted by Crippen LogP contribution is 2.39. The minimum Gasteiger partial charge on any atom is -0.391 e. The smallest absolute Gasteiger partial charge is 0.0695 e. The summed E-state index contributed by atoms with van der Waals surface area (Å²) in [4.78, 5) is 2.55. The van der Waals surface area contributed by atoms with Crippen LogP contribution in [0.25, 0.3) is 0 Å². The maximum absolute atomic E-state index is 10.1. The average Bonchev–Trinajstić information content (AvgIpc) is 2.56. The molecule has 1 aliphatic carbocycles. The zero-order chi connectivity index (χ0) is 11.1. The van der Waals surface area contributed by atoms with E-state index in [1.807, 2.05) is 0 Å².